The number of esters is 2. The third kappa shape index (κ3) is 13.3. The van der Waals surface area contributed by atoms with Crippen LogP contribution in [-0.4, -0.2) is 37.3 Å². The number of aromatic nitrogens is 1. The minimum atomic E-state index is -4.45. The summed E-state index contributed by atoms with van der Waals surface area (Å²) in [6.07, 6.45) is -4.38. The van der Waals surface area contributed by atoms with E-state index in [4.69, 9.17) is 4.74 Å². The topological polar surface area (TPSA) is 65.5 Å². The quantitative estimate of drug-likeness (QED) is 0.0655. The number of pyridine rings is 1. The smallest absolute Gasteiger partial charge is 0.416 e. The first-order valence-corrected chi connectivity index (χ1v) is 22.5. The van der Waals surface area contributed by atoms with E-state index in [1.165, 1.54) is 54.0 Å². The third-order valence-electron chi connectivity index (χ3n) is 10.7. The van der Waals surface area contributed by atoms with Crippen LogP contribution in [-0.2, 0) is 21.8 Å². The van der Waals surface area contributed by atoms with E-state index in [1.54, 1.807) is 48.6 Å². The van der Waals surface area contributed by atoms with Gasteiger partial charge in [-0.05, 0) is 102 Å². The Kier molecular flexibility index (Phi) is 17.6. The summed E-state index contributed by atoms with van der Waals surface area (Å²) in [6.45, 7) is 0. The lowest BCUT2D eigenvalue weighted by Crippen LogP contribution is -3.00. The van der Waals surface area contributed by atoms with Gasteiger partial charge in [0.2, 0.25) is 0 Å². The number of nitrogens with zero attached hydrogens (tertiary/aromatic N) is 1. The van der Waals surface area contributed by atoms with E-state index in [-0.39, 0.29) is 24.8 Å². The molecule has 0 spiro atoms. The number of hydrogen-bond acceptors (Lipinski definition) is 5. The van der Waals surface area contributed by atoms with E-state index >= 15 is 0 Å². The SMILES string of the molecule is COC(=O)c1ccc(C=CC(CCC(F)(F)F)c2ccc(-c3ccc(C(F)(F)F)cc3)nc2)cc1.COC(=O)c1ccc(C[P+](c2ccccc2)(c2ccccc2)c2ccccc2)cc1.[Cl-]. The van der Waals surface area contributed by atoms with Gasteiger partial charge in [-0.15, -0.1) is 0 Å². The molecular formula is C53H45ClF6NO4P. The molecule has 0 saturated carbocycles. The van der Waals surface area contributed by atoms with Crippen molar-refractivity contribution in [3.63, 3.8) is 0 Å². The fraction of sp³-hybridized carbons (Fsp3) is 0.151. The maximum Gasteiger partial charge on any atom is 0.416 e. The van der Waals surface area contributed by atoms with E-state index in [1.807, 2.05) is 12.1 Å². The highest BCUT2D eigenvalue weighted by atomic mass is 35.5. The van der Waals surface area contributed by atoms with Gasteiger partial charge in [0, 0.05) is 24.1 Å². The average Bonchev–Trinajstić information content (AvgIpc) is 3.33. The summed E-state index contributed by atoms with van der Waals surface area (Å²) in [5.74, 6) is -1.41. The zero-order chi connectivity index (χ0) is 46.5. The molecule has 0 N–H and O–H groups in total. The number of ether oxygens (including phenoxy) is 2. The van der Waals surface area contributed by atoms with Crippen molar-refractivity contribution in [3.05, 3.63) is 222 Å². The Morgan fingerprint density at radius 3 is 1.48 bits per heavy atom. The summed E-state index contributed by atoms with van der Waals surface area (Å²) >= 11 is 0. The van der Waals surface area contributed by atoms with Gasteiger partial charge in [-0.3, -0.25) is 4.98 Å². The molecule has 1 unspecified atom stereocenters. The standard InChI is InChI=1S/C27H24O2P.C26H21F6NO2.ClH/c1-29-27(28)23-19-17-22(18-20-23)21-30(24-11-5-2-6-12-24,25-13-7-3-8-14-25)26-15-9-4-10-16-26;1-35-24(34)20-6-3-17(4-7-20)2-5-18(14-15-25(27,28)29)21-10-13-23(33-16-21)19-8-11-22(12-9-19)26(30,31)32;/h2-20H,21H2,1H3;2-13,16,18H,14-15H2,1H3;1H/q+1;;/p-1. The van der Waals surface area contributed by atoms with Crippen LogP contribution in [0.1, 0.15) is 61.7 Å². The molecule has 13 heteroatoms. The highest BCUT2D eigenvalue weighted by Crippen LogP contribution is 2.58. The molecule has 0 aliphatic heterocycles. The van der Waals surface area contributed by atoms with Gasteiger partial charge >= 0.3 is 24.3 Å². The van der Waals surface area contributed by atoms with Crippen molar-refractivity contribution in [3.8, 4) is 11.3 Å². The molecule has 6 aromatic carbocycles. The number of alkyl halides is 6. The molecule has 0 aliphatic rings. The molecule has 1 aromatic heterocycles. The molecule has 1 atom stereocenters. The lowest BCUT2D eigenvalue weighted by atomic mass is 9.93. The minimum Gasteiger partial charge on any atom is -1.00 e. The number of carbonyl (C=O) groups excluding carboxylic acids is 2. The van der Waals surface area contributed by atoms with Gasteiger partial charge in [0.05, 0.1) is 42.8 Å². The number of rotatable bonds is 13. The summed E-state index contributed by atoms with van der Waals surface area (Å²) in [5, 5.41) is 4.04. The third-order valence-corrected chi connectivity index (χ3v) is 15.1. The molecule has 7 aromatic rings. The Bertz CT molecular complexity index is 2530. The predicted octanol–water partition coefficient (Wildman–Crippen LogP) is 9.66. The molecule has 0 amide bonds. The second-order valence-corrected chi connectivity index (χ2v) is 18.4. The first-order chi connectivity index (χ1) is 31.2. The Balaban J connectivity index is 0.000000246. The van der Waals surface area contributed by atoms with Gasteiger partial charge in [-0.25, -0.2) is 9.59 Å². The Hall–Kier alpha value is -6.55. The van der Waals surface area contributed by atoms with Crippen molar-refractivity contribution in [2.75, 3.05) is 14.2 Å². The van der Waals surface area contributed by atoms with E-state index in [0.717, 1.165) is 18.3 Å². The maximum atomic E-state index is 12.9. The first kappa shape index (κ1) is 50.4. The van der Waals surface area contributed by atoms with Crippen molar-refractivity contribution in [2.45, 2.75) is 37.3 Å². The molecular weight excluding hydrogens is 895 g/mol. The summed E-state index contributed by atoms with van der Waals surface area (Å²) in [7, 11) is 0.735. The monoisotopic (exact) mass is 939 g/mol. The molecule has 0 bridgehead atoms. The first-order valence-electron chi connectivity index (χ1n) is 20.5. The largest absolute Gasteiger partial charge is 1.00 e. The Labute approximate surface area is 386 Å². The van der Waals surface area contributed by atoms with E-state index in [0.29, 0.717) is 33.5 Å². The minimum absolute atomic E-state index is 0. The van der Waals surface area contributed by atoms with Crippen molar-refractivity contribution < 1.29 is 57.8 Å². The average molecular weight is 940 g/mol. The van der Waals surface area contributed by atoms with Gasteiger partial charge in [0.25, 0.3) is 0 Å². The fourth-order valence-corrected chi connectivity index (χ4v) is 11.5. The molecule has 1 heterocycles. The van der Waals surface area contributed by atoms with Gasteiger partial charge in [0.15, 0.2) is 0 Å². The van der Waals surface area contributed by atoms with Crippen LogP contribution in [0.25, 0.3) is 17.3 Å². The molecule has 66 heavy (non-hydrogen) atoms. The van der Waals surface area contributed by atoms with Gasteiger partial charge in [-0.2, -0.15) is 26.3 Å². The van der Waals surface area contributed by atoms with Gasteiger partial charge in [-0.1, -0.05) is 109 Å². The second kappa shape index (κ2) is 23.1. The van der Waals surface area contributed by atoms with Crippen molar-refractivity contribution in [2.24, 2.45) is 0 Å². The van der Waals surface area contributed by atoms with Crippen LogP contribution in [0.15, 0.2) is 188 Å². The summed E-state index contributed by atoms with van der Waals surface area (Å²) in [6, 6.07) is 54.3. The van der Waals surface area contributed by atoms with Crippen molar-refractivity contribution >= 4 is 41.2 Å². The molecule has 340 valence electrons. The fourth-order valence-electron chi connectivity index (χ4n) is 7.30. The normalized spacial score (nSPS) is 12.0. The van der Waals surface area contributed by atoms with Gasteiger partial charge < -0.3 is 21.9 Å². The number of benzene rings is 6. The summed E-state index contributed by atoms with van der Waals surface area (Å²) in [5.41, 5.74) is 3.42. The summed E-state index contributed by atoms with van der Waals surface area (Å²) < 4.78 is 86.4. The Morgan fingerprint density at radius 2 is 1.08 bits per heavy atom. The van der Waals surface area contributed by atoms with E-state index in [9.17, 15) is 35.9 Å². The summed E-state index contributed by atoms with van der Waals surface area (Å²) in [4.78, 5) is 27.7. The number of methoxy groups -OCH3 is 2. The van der Waals surface area contributed by atoms with Crippen LogP contribution in [0.4, 0.5) is 26.3 Å². The molecule has 0 aliphatic carbocycles. The maximum absolute atomic E-state index is 12.9. The van der Waals surface area contributed by atoms with Crippen LogP contribution in [0.2, 0.25) is 0 Å². The Morgan fingerprint density at radius 1 is 0.606 bits per heavy atom. The van der Waals surface area contributed by atoms with Crippen molar-refractivity contribution in [1.29, 1.82) is 0 Å². The van der Waals surface area contributed by atoms with Crippen LogP contribution in [0, 0.1) is 0 Å². The molecule has 0 fully saturated rings. The highest BCUT2D eigenvalue weighted by Gasteiger charge is 2.45. The molecule has 7 rings (SSSR count). The van der Waals surface area contributed by atoms with E-state index < -0.39 is 43.5 Å². The molecule has 0 radical (unpaired) electrons. The van der Waals surface area contributed by atoms with Crippen molar-refractivity contribution in [1.82, 2.24) is 4.98 Å². The van der Waals surface area contributed by atoms with Crippen LogP contribution >= 0.6 is 7.26 Å². The second-order valence-electron chi connectivity index (χ2n) is 14.9. The number of carbonyl (C=O) groups is 2. The molecule has 5 nitrogen and oxygen atoms in total. The number of allylic oxidation sites excluding steroid dienone is 1. The predicted molar refractivity (Wildman–Crippen MR) is 246 cm³/mol. The van der Waals surface area contributed by atoms with E-state index in [2.05, 4.69) is 113 Å². The lowest BCUT2D eigenvalue weighted by Gasteiger charge is -2.27. The lowest BCUT2D eigenvalue weighted by molar-refractivity contribution is -0.137. The van der Waals surface area contributed by atoms with Crippen LogP contribution in [0.5, 0.6) is 0 Å². The molecule has 0 saturated heterocycles. The van der Waals surface area contributed by atoms with Gasteiger partial charge in [0.1, 0.15) is 23.2 Å². The van der Waals surface area contributed by atoms with Crippen LogP contribution < -0.4 is 28.3 Å². The number of hydrogen-bond donors (Lipinski definition) is 0. The zero-order valence-electron chi connectivity index (χ0n) is 35.8. The highest BCUT2D eigenvalue weighted by molar-refractivity contribution is 7.95. The van der Waals surface area contributed by atoms with Crippen LogP contribution in [0.3, 0.4) is 0 Å². The number of halogens is 7. The zero-order valence-corrected chi connectivity index (χ0v) is 37.5.